The van der Waals surface area contributed by atoms with Gasteiger partial charge in [0.15, 0.2) is 0 Å². The quantitative estimate of drug-likeness (QED) is 0.789. The van der Waals surface area contributed by atoms with Gasteiger partial charge in [-0.15, -0.1) is 0 Å². The highest BCUT2D eigenvalue weighted by molar-refractivity contribution is 5.80. The number of carbonyl (C=O) groups is 1. The van der Waals surface area contributed by atoms with E-state index < -0.39 is 0 Å². The Morgan fingerprint density at radius 1 is 1.11 bits per heavy atom. The van der Waals surface area contributed by atoms with Gasteiger partial charge in [-0.2, -0.15) is 0 Å². The van der Waals surface area contributed by atoms with E-state index in [0.29, 0.717) is 12.5 Å². The van der Waals surface area contributed by atoms with E-state index in [4.69, 9.17) is 0 Å². The van der Waals surface area contributed by atoms with E-state index in [0.717, 1.165) is 18.5 Å². The van der Waals surface area contributed by atoms with Gasteiger partial charge in [0, 0.05) is 11.7 Å². The second-order valence-corrected chi connectivity index (χ2v) is 5.21. The van der Waals surface area contributed by atoms with Crippen LogP contribution >= 0.6 is 0 Å². The first-order chi connectivity index (χ1) is 9.06. The zero-order valence-corrected chi connectivity index (χ0v) is 12.5. The van der Waals surface area contributed by atoms with E-state index in [-0.39, 0.29) is 11.9 Å². The lowest BCUT2D eigenvalue weighted by Crippen LogP contribution is -2.37. The Morgan fingerprint density at radius 2 is 1.68 bits per heavy atom. The third-order valence-electron chi connectivity index (χ3n) is 3.38. The van der Waals surface area contributed by atoms with Gasteiger partial charge >= 0.3 is 0 Å². The number of carbonyl (C=O) groups excluding carboxylic acids is 1. The first-order valence-corrected chi connectivity index (χ1v) is 7.20. The highest BCUT2D eigenvalue weighted by Crippen LogP contribution is 2.16. The molecule has 19 heavy (non-hydrogen) atoms. The van der Waals surface area contributed by atoms with E-state index in [1.165, 1.54) is 5.56 Å². The third-order valence-corrected chi connectivity index (χ3v) is 3.38. The van der Waals surface area contributed by atoms with Crippen molar-refractivity contribution in [2.75, 3.05) is 11.9 Å². The lowest BCUT2D eigenvalue weighted by Gasteiger charge is -2.15. The lowest BCUT2D eigenvalue weighted by molar-refractivity contribution is -0.120. The monoisotopic (exact) mass is 262 g/mol. The van der Waals surface area contributed by atoms with Crippen LogP contribution in [0.15, 0.2) is 24.3 Å². The van der Waals surface area contributed by atoms with Crippen molar-refractivity contribution in [1.29, 1.82) is 0 Å². The average molecular weight is 262 g/mol. The fraction of sp³-hybridized carbons (Fsp3) is 0.562. The van der Waals surface area contributed by atoms with Gasteiger partial charge in [0.2, 0.25) is 5.91 Å². The Morgan fingerprint density at radius 3 is 2.16 bits per heavy atom. The summed E-state index contributed by atoms with van der Waals surface area (Å²) >= 11 is 0. The maximum Gasteiger partial charge on any atom is 0.239 e. The Bertz CT molecular complexity index is 380. The third kappa shape index (κ3) is 5.33. The molecule has 0 bridgehead atoms. The van der Waals surface area contributed by atoms with Crippen molar-refractivity contribution in [3.63, 3.8) is 0 Å². The Balaban J connectivity index is 2.41. The van der Waals surface area contributed by atoms with Crippen LogP contribution in [-0.4, -0.2) is 18.5 Å². The van der Waals surface area contributed by atoms with Crippen molar-refractivity contribution in [1.82, 2.24) is 5.32 Å². The van der Waals surface area contributed by atoms with Crippen LogP contribution in [0.2, 0.25) is 0 Å². The van der Waals surface area contributed by atoms with Crippen molar-refractivity contribution in [2.45, 2.75) is 52.5 Å². The molecule has 0 fully saturated rings. The summed E-state index contributed by atoms with van der Waals surface area (Å²) in [5.41, 5.74) is 2.30. The Labute approximate surface area is 116 Å². The average Bonchev–Trinajstić information content (AvgIpc) is 2.43. The van der Waals surface area contributed by atoms with Crippen LogP contribution in [0.4, 0.5) is 5.69 Å². The normalized spacial score (nSPS) is 10.8. The van der Waals surface area contributed by atoms with Gasteiger partial charge in [-0.3, -0.25) is 4.79 Å². The summed E-state index contributed by atoms with van der Waals surface area (Å²) in [5, 5.41) is 6.17. The molecule has 1 aromatic carbocycles. The van der Waals surface area contributed by atoms with Crippen LogP contribution < -0.4 is 10.6 Å². The number of nitrogens with one attached hydrogen (secondary N) is 2. The number of hydrogen-bond donors (Lipinski definition) is 2. The number of rotatable bonds is 7. The van der Waals surface area contributed by atoms with Crippen molar-refractivity contribution in [3.05, 3.63) is 29.8 Å². The molecule has 0 spiro atoms. The van der Waals surface area contributed by atoms with Crippen LogP contribution in [0, 0.1) is 0 Å². The number of hydrogen-bond acceptors (Lipinski definition) is 2. The Hall–Kier alpha value is -1.51. The second-order valence-electron chi connectivity index (χ2n) is 5.21. The lowest BCUT2D eigenvalue weighted by atomic mass is 10.0. The van der Waals surface area contributed by atoms with Crippen molar-refractivity contribution in [2.24, 2.45) is 0 Å². The fourth-order valence-corrected chi connectivity index (χ4v) is 1.94. The SMILES string of the molecule is CCC(CC)NC(=O)CNc1ccc(C(C)C)cc1. The van der Waals surface area contributed by atoms with E-state index in [9.17, 15) is 4.79 Å². The summed E-state index contributed by atoms with van der Waals surface area (Å²) in [6.45, 7) is 8.85. The predicted molar refractivity (Wildman–Crippen MR) is 81.5 cm³/mol. The van der Waals surface area contributed by atoms with Crippen LogP contribution in [-0.2, 0) is 4.79 Å². The van der Waals surface area contributed by atoms with Crippen LogP contribution in [0.25, 0.3) is 0 Å². The summed E-state index contributed by atoms with van der Waals surface area (Å²) in [7, 11) is 0. The standard InChI is InChI=1S/C16H26N2O/c1-5-14(6-2)18-16(19)11-17-15-9-7-13(8-10-15)12(3)4/h7-10,12,14,17H,5-6,11H2,1-4H3,(H,18,19). The van der Waals surface area contributed by atoms with Crippen molar-refractivity contribution < 1.29 is 4.79 Å². The molecule has 0 aliphatic rings. The molecule has 0 saturated carbocycles. The van der Waals surface area contributed by atoms with Crippen LogP contribution in [0.3, 0.4) is 0 Å². The van der Waals surface area contributed by atoms with Gasteiger partial charge in [0.1, 0.15) is 0 Å². The summed E-state index contributed by atoms with van der Waals surface area (Å²) in [6.07, 6.45) is 1.96. The van der Waals surface area contributed by atoms with Gasteiger partial charge < -0.3 is 10.6 Å². The molecule has 0 radical (unpaired) electrons. The molecular weight excluding hydrogens is 236 g/mol. The highest BCUT2D eigenvalue weighted by atomic mass is 16.1. The molecule has 0 aliphatic carbocycles. The second kappa shape index (κ2) is 7.82. The first-order valence-electron chi connectivity index (χ1n) is 7.20. The molecule has 0 heterocycles. The topological polar surface area (TPSA) is 41.1 Å². The van der Waals surface area contributed by atoms with Gasteiger partial charge in [0.05, 0.1) is 6.54 Å². The predicted octanol–water partition coefficient (Wildman–Crippen LogP) is 3.53. The highest BCUT2D eigenvalue weighted by Gasteiger charge is 2.07. The summed E-state index contributed by atoms with van der Waals surface area (Å²) < 4.78 is 0. The van der Waals surface area contributed by atoms with E-state index in [1.807, 2.05) is 12.1 Å². The van der Waals surface area contributed by atoms with Gasteiger partial charge in [0.25, 0.3) is 0 Å². The van der Waals surface area contributed by atoms with Crippen LogP contribution in [0.1, 0.15) is 52.0 Å². The largest absolute Gasteiger partial charge is 0.376 e. The van der Waals surface area contributed by atoms with E-state index in [1.54, 1.807) is 0 Å². The minimum absolute atomic E-state index is 0.0571. The molecular formula is C16H26N2O. The maximum atomic E-state index is 11.7. The summed E-state index contributed by atoms with van der Waals surface area (Å²) in [6, 6.07) is 8.55. The summed E-state index contributed by atoms with van der Waals surface area (Å²) in [5.74, 6) is 0.592. The maximum absolute atomic E-state index is 11.7. The molecule has 0 atom stereocenters. The molecule has 0 unspecified atom stereocenters. The molecule has 0 aromatic heterocycles. The zero-order valence-electron chi connectivity index (χ0n) is 12.5. The molecule has 3 heteroatoms. The van der Waals surface area contributed by atoms with Gasteiger partial charge in [-0.05, 0) is 36.5 Å². The molecule has 3 nitrogen and oxygen atoms in total. The van der Waals surface area contributed by atoms with Crippen molar-refractivity contribution in [3.8, 4) is 0 Å². The van der Waals surface area contributed by atoms with Crippen molar-refractivity contribution >= 4 is 11.6 Å². The molecule has 0 aliphatic heterocycles. The van der Waals surface area contributed by atoms with Gasteiger partial charge in [-0.25, -0.2) is 0 Å². The fourth-order valence-electron chi connectivity index (χ4n) is 1.94. The molecule has 0 saturated heterocycles. The number of benzene rings is 1. The molecule has 1 aromatic rings. The number of anilines is 1. The molecule has 106 valence electrons. The molecule has 1 rings (SSSR count). The Kier molecular flexibility index (Phi) is 6.40. The molecule has 2 N–H and O–H groups in total. The van der Waals surface area contributed by atoms with E-state index in [2.05, 4.69) is 50.5 Å². The first kappa shape index (κ1) is 15.5. The smallest absolute Gasteiger partial charge is 0.239 e. The molecule has 1 amide bonds. The van der Waals surface area contributed by atoms with Gasteiger partial charge in [-0.1, -0.05) is 39.8 Å². The zero-order chi connectivity index (χ0) is 14.3. The number of amides is 1. The minimum Gasteiger partial charge on any atom is -0.376 e. The van der Waals surface area contributed by atoms with E-state index >= 15 is 0 Å². The minimum atomic E-state index is 0.0571. The van der Waals surface area contributed by atoms with Crippen LogP contribution in [0.5, 0.6) is 0 Å². The summed E-state index contributed by atoms with van der Waals surface area (Å²) in [4.78, 5) is 11.7.